The Labute approximate surface area is 149 Å². The molecule has 2 aromatic carbocycles. The lowest BCUT2D eigenvalue weighted by Crippen LogP contribution is -2.40. The summed E-state index contributed by atoms with van der Waals surface area (Å²) in [4.78, 5) is 12.0. The third-order valence-corrected chi connectivity index (χ3v) is 4.91. The summed E-state index contributed by atoms with van der Waals surface area (Å²) < 4.78 is 0. The normalized spacial score (nSPS) is 14.8. The minimum Gasteiger partial charge on any atom is -0.392 e. The standard InChI is InChI=1S/C21H26N2O2/c24-15-19-8-6-17(7-9-19)10-13-22-20(25)23-16-21(11-12-21)14-18-4-2-1-3-5-18/h1-9,24H,10-16H2,(H2,22,23,25). The predicted molar refractivity (Wildman–Crippen MR) is 99.3 cm³/mol. The average Bonchev–Trinajstić information content (AvgIpc) is 3.41. The Morgan fingerprint density at radius 2 is 1.60 bits per heavy atom. The second-order valence-corrected chi connectivity index (χ2v) is 7.00. The number of aliphatic hydroxyl groups is 1. The highest BCUT2D eigenvalue weighted by atomic mass is 16.3. The van der Waals surface area contributed by atoms with Gasteiger partial charge >= 0.3 is 6.03 Å². The van der Waals surface area contributed by atoms with Gasteiger partial charge in [-0.2, -0.15) is 0 Å². The summed E-state index contributed by atoms with van der Waals surface area (Å²) >= 11 is 0. The summed E-state index contributed by atoms with van der Waals surface area (Å²) in [6.45, 7) is 1.40. The smallest absolute Gasteiger partial charge is 0.314 e. The van der Waals surface area contributed by atoms with Crippen molar-refractivity contribution in [1.82, 2.24) is 10.6 Å². The van der Waals surface area contributed by atoms with E-state index in [4.69, 9.17) is 5.11 Å². The molecular weight excluding hydrogens is 312 g/mol. The second-order valence-electron chi connectivity index (χ2n) is 7.00. The topological polar surface area (TPSA) is 61.4 Å². The number of carbonyl (C=O) groups is 1. The molecule has 1 aliphatic rings. The molecule has 1 saturated carbocycles. The number of amides is 2. The molecule has 4 nitrogen and oxygen atoms in total. The van der Waals surface area contributed by atoms with Gasteiger partial charge in [0, 0.05) is 13.1 Å². The molecule has 1 aliphatic carbocycles. The van der Waals surface area contributed by atoms with Crippen LogP contribution in [0.15, 0.2) is 54.6 Å². The summed E-state index contributed by atoms with van der Waals surface area (Å²) in [5.41, 5.74) is 3.65. The Hall–Kier alpha value is -2.33. The van der Waals surface area contributed by atoms with Crippen LogP contribution in [0.4, 0.5) is 4.79 Å². The van der Waals surface area contributed by atoms with Crippen LogP contribution in [-0.2, 0) is 19.4 Å². The predicted octanol–water partition coefficient (Wildman–Crippen LogP) is 3.04. The molecule has 3 rings (SSSR count). The molecule has 0 bridgehead atoms. The van der Waals surface area contributed by atoms with Gasteiger partial charge in [0.15, 0.2) is 0 Å². The minimum atomic E-state index is -0.0914. The second kappa shape index (κ2) is 8.17. The third-order valence-electron chi connectivity index (χ3n) is 4.91. The number of rotatable bonds is 8. The lowest BCUT2D eigenvalue weighted by molar-refractivity contribution is 0.238. The van der Waals surface area contributed by atoms with E-state index >= 15 is 0 Å². The Morgan fingerprint density at radius 3 is 2.24 bits per heavy atom. The quantitative estimate of drug-likeness (QED) is 0.693. The maximum atomic E-state index is 12.0. The van der Waals surface area contributed by atoms with Gasteiger partial charge in [0.2, 0.25) is 0 Å². The van der Waals surface area contributed by atoms with Gasteiger partial charge in [0.05, 0.1) is 6.61 Å². The van der Waals surface area contributed by atoms with Gasteiger partial charge in [0.25, 0.3) is 0 Å². The van der Waals surface area contributed by atoms with Crippen molar-refractivity contribution in [2.24, 2.45) is 5.41 Å². The van der Waals surface area contributed by atoms with Gasteiger partial charge in [-0.3, -0.25) is 0 Å². The maximum absolute atomic E-state index is 12.0. The molecule has 4 heteroatoms. The molecular formula is C21H26N2O2. The SMILES string of the molecule is O=C(NCCc1ccc(CO)cc1)NCC1(Cc2ccccc2)CC1. The Morgan fingerprint density at radius 1 is 0.920 bits per heavy atom. The number of urea groups is 1. The van der Waals surface area contributed by atoms with Gasteiger partial charge in [-0.15, -0.1) is 0 Å². The van der Waals surface area contributed by atoms with Crippen molar-refractivity contribution >= 4 is 6.03 Å². The molecule has 2 aromatic rings. The number of carbonyl (C=O) groups excluding carboxylic acids is 1. The van der Waals surface area contributed by atoms with Crippen LogP contribution < -0.4 is 10.6 Å². The van der Waals surface area contributed by atoms with Gasteiger partial charge in [0.1, 0.15) is 0 Å². The largest absolute Gasteiger partial charge is 0.392 e. The first-order valence-electron chi connectivity index (χ1n) is 8.93. The lowest BCUT2D eigenvalue weighted by Gasteiger charge is -2.16. The molecule has 0 aromatic heterocycles. The van der Waals surface area contributed by atoms with E-state index in [0.717, 1.165) is 30.5 Å². The van der Waals surface area contributed by atoms with Gasteiger partial charge in [-0.25, -0.2) is 4.79 Å². The van der Waals surface area contributed by atoms with Crippen molar-refractivity contribution in [2.45, 2.75) is 32.3 Å². The van der Waals surface area contributed by atoms with Crippen molar-refractivity contribution in [2.75, 3.05) is 13.1 Å². The number of hydrogen-bond acceptors (Lipinski definition) is 2. The van der Waals surface area contributed by atoms with Crippen LogP contribution in [0.1, 0.15) is 29.5 Å². The Kier molecular flexibility index (Phi) is 5.71. The van der Waals surface area contributed by atoms with E-state index in [1.165, 1.54) is 18.4 Å². The van der Waals surface area contributed by atoms with E-state index in [9.17, 15) is 4.79 Å². The maximum Gasteiger partial charge on any atom is 0.314 e. The molecule has 0 spiro atoms. The van der Waals surface area contributed by atoms with Crippen LogP contribution in [-0.4, -0.2) is 24.2 Å². The van der Waals surface area contributed by atoms with Crippen LogP contribution in [0.3, 0.4) is 0 Å². The number of nitrogens with one attached hydrogen (secondary N) is 2. The van der Waals surface area contributed by atoms with Crippen molar-refractivity contribution in [1.29, 1.82) is 0 Å². The zero-order chi connectivity index (χ0) is 17.5. The van der Waals surface area contributed by atoms with Crippen molar-refractivity contribution in [3.63, 3.8) is 0 Å². The first-order valence-corrected chi connectivity index (χ1v) is 8.93. The summed E-state index contributed by atoms with van der Waals surface area (Å²) in [6.07, 6.45) is 4.18. The number of hydrogen-bond donors (Lipinski definition) is 3. The fourth-order valence-electron chi connectivity index (χ4n) is 3.08. The molecule has 2 amide bonds. The minimum absolute atomic E-state index is 0.0612. The van der Waals surface area contributed by atoms with Crippen LogP contribution in [0.25, 0.3) is 0 Å². The summed E-state index contributed by atoms with van der Waals surface area (Å²) in [5.74, 6) is 0. The van der Waals surface area contributed by atoms with Crippen molar-refractivity contribution in [3.05, 3.63) is 71.3 Å². The van der Waals surface area contributed by atoms with E-state index in [0.29, 0.717) is 6.54 Å². The molecule has 1 fully saturated rings. The van der Waals surface area contributed by atoms with E-state index in [1.54, 1.807) is 0 Å². The summed E-state index contributed by atoms with van der Waals surface area (Å²) in [6, 6.07) is 18.2. The van der Waals surface area contributed by atoms with Crippen LogP contribution in [0.2, 0.25) is 0 Å². The molecule has 0 unspecified atom stereocenters. The highest BCUT2D eigenvalue weighted by Gasteiger charge is 2.42. The van der Waals surface area contributed by atoms with E-state index in [1.807, 2.05) is 30.3 Å². The van der Waals surface area contributed by atoms with Gasteiger partial charge in [-0.1, -0.05) is 54.6 Å². The molecule has 0 radical (unpaired) electrons. The van der Waals surface area contributed by atoms with Crippen LogP contribution in [0.5, 0.6) is 0 Å². The first kappa shape index (κ1) is 17.5. The molecule has 3 N–H and O–H groups in total. The highest BCUT2D eigenvalue weighted by Crippen LogP contribution is 2.47. The monoisotopic (exact) mass is 338 g/mol. The third kappa shape index (κ3) is 5.33. The fraction of sp³-hybridized carbons (Fsp3) is 0.381. The van der Waals surface area contributed by atoms with E-state index < -0.39 is 0 Å². The highest BCUT2D eigenvalue weighted by molar-refractivity contribution is 5.73. The molecule has 132 valence electrons. The Balaban J connectivity index is 1.36. The van der Waals surface area contributed by atoms with Gasteiger partial charge < -0.3 is 15.7 Å². The lowest BCUT2D eigenvalue weighted by atomic mass is 9.96. The first-order chi connectivity index (χ1) is 12.2. The summed E-state index contributed by atoms with van der Waals surface area (Å²) in [7, 11) is 0. The molecule has 0 saturated heterocycles. The molecule has 0 atom stereocenters. The van der Waals surface area contributed by atoms with Crippen LogP contribution in [0, 0.1) is 5.41 Å². The molecule has 25 heavy (non-hydrogen) atoms. The summed E-state index contributed by atoms with van der Waals surface area (Å²) in [5, 5.41) is 15.0. The number of aliphatic hydroxyl groups excluding tert-OH is 1. The zero-order valence-corrected chi connectivity index (χ0v) is 14.5. The fourth-order valence-corrected chi connectivity index (χ4v) is 3.08. The van der Waals surface area contributed by atoms with Crippen LogP contribution >= 0.6 is 0 Å². The molecule has 0 aliphatic heterocycles. The van der Waals surface area contributed by atoms with E-state index in [-0.39, 0.29) is 18.1 Å². The average molecular weight is 338 g/mol. The zero-order valence-electron chi connectivity index (χ0n) is 14.5. The van der Waals surface area contributed by atoms with E-state index in [2.05, 4.69) is 34.9 Å². The van der Waals surface area contributed by atoms with Crippen molar-refractivity contribution < 1.29 is 9.90 Å². The molecule has 0 heterocycles. The Bertz CT molecular complexity index is 679. The van der Waals surface area contributed by atoms with Gasteiger partial charge in [-0.05, 0) is 47.8 Å². The number of benzene rings is 2. The van der Waals surface area contributed by atoms with Crippen molar-refractivity contribution in [3.8, 4) is 0 Å².